The van der Waals surface area contributed by atoms with E-state index in [9.17, 15) is 19.5 Å². The van der Waals surface area contributed by atoms with Gasteiger partial charge in [-0.3, -0.25) is 20.0 Å². The zero-order valence-corrected chi connectivity index (χ0v) is 21.9. The van der Waals surface area contributed by atoms with Crippen molar-refractivity contribution in [2.45, 2.75) is 4.34 Å². The second-order valence-corrected chi connectivity index (χ2v) is 9.91. The van der Waals surface area contributed by atoms with Crippen molar-refractivity contribution in [2.75, 3.05) is 31.7 Å². The van der Waals surface area contributed by atoms with E-state index < -0.39 is 17.8 Å². The second kappa shape index (κ2) is 12.7. The number of aromatic carboxylic acids is 1. The fourth-order valence-corrected chi connectivity index (χ4v) is 4.67. The highest BCUT2D eigenvalue weighted by molar-refractivity contribution is 7.98. The minimum atomic E-state index is -1.03. The Balaban J connectivity index is 1.19. The van der Waals surface area contributed by atoms with Gasteiger partial charge in [-0.15, -0.1) is 10.2 Å². The van der Waals surface area contributed by atoms with Crippen LogP contribution < -0.4 is 20.5 Å². The number of carboxylic acids is 1. The molecular weight excluding hydrogens is 556 g/mol. The van der Waals surface area contributed by atoms with Crippen molar-refractivity contribution in [3.63, 3.8) is 0 Å². The number of nitrogens with one attached hydrogen (secondary N) is 3. The first-order valence-corrected chi connectivity index (χ1v) is 13.0. The van der Waals surface area contributed by atoms with Crippen LogP contribution in [-0.4, -0.2) is 64.4 Å². The number of halogens is 1. The number of fused-ring (bicyclic) bond motifs is 1. The highest BCUT2D eigenvalue weighted by Gasteiger charge is 2.14. The zero-order chi connectivity index (χ0) is 27.1. The number of H-pyrrole nitrogens is 1. The molecule has 38 heavy (non-hydrogen) atoms. The summed E-state index contributed by atoms with van der Waals surface area (Å²) in [4.78, 5) is 38.1. The molecule has 15 heteroatoms. The molecule has 0 saturated heterocycles. The summed E-state index contributed by atoms with van der Waals surface area (Å²) >= 11 is 8.46. The molecule has 0 aliphatic carbocycles. The van der Waals surface area contributed by atoms with Gasteiger partial charge in [-0.1, -0.05) is 35.1 Å². The van der Waals surface area contributed by atoms with Gasteiger partial charge in [-0.25, -0.2) is 4.79 Å². The predicted octanol–water partition coefficient (Wildman–Crippen LogP) is 3.15. The van der Waals surface area contributed by atoms with E-state index in [0.717, 1.165) is 28.8 Å². The maximum atomic E-state index is 11.9. The van der Waals surface area contributed by atoms with E-state index in [-0.39, 0.29) is 31.9 Å². The molecule has 12 nitrogen and oxygen atoms in total. The van der Waals surface area contributed by atoms with Gasteiger partial charge >= 0.3 is 5.97 Å². The number of carbonyl (C=O) groups is 3. The minimum Gasteiger partial charge on any atom is -0.492 e. The number of hydrogen-bond acceptors (Lipinski definition) is 10. The lowest BCUT2D eigenvalue weighted by Crippen LogP contribution is -2.32. The maximum absolute atomic E-state index is 11.9. The third-order valence-electron chi connectivity index (χ3n) is 5.08. The Morgan fingerprint density at radius 1 is 1.13 bits per heavy atom. The van der Waals surface area contributed by atoms with Crippen molar-refractivity contribution in [3.8, 4) is 16.9 Å². The third-order valence-corrected chi connectivity index (χ3v) is 6.85. The Kier molecular flexibility index (Phi) is 9.15. The van der Waals surface area contributed by atoms with Crippen molar-refractivity contribution in [2.24, 2.45) is 5.14 Å². The van der Waals surface area contributed by atoms with Crippen LogP contribution in [0.15, 0.2) is 46.9 Å². The van der Waals surface area contributed by atoms with Crippen molar-refractivity contribution in [1.29, 1.82) is 0 Å². The van der Waals surface area contributed by atoms with Gasteiger partial charge in [0.15, 0.2) is 4.34 Å². The molecule has 0 radical (unpaired) electrons. The summed E-state index contributed by atoms with van der Waals surface area (Å²) in [5, 5.41) is 28.7. The van der Waals surface area contributed by atoms with Crippen LogP contribution in [0.4, 0.5) is 5.13 Å². The number of nitrogens with zero attached hydrogens (tertiary/aromatic N) is 2. The first-order chi connectivity index (χ1) is 18.3. The van der Waals surface area contributed by atoms with E-state index in [2.05, 4.69) is 25.8 Å². The van der Waals surface area contributed by atoms with Crippen LogP contribution in [0.25, 0.3) is 22.0 Å². The monoisotopic (exact) mass is 576 g/mol. The molecule has 2 heterocycles. The van der Waals surface area contributed by atoms with Crippen LogP contribution in [0.1, 0.15) is 10.4 Å². The SMILES string of the molecule is NSc1nnc(NC(=O)COCC(=O)NCCOc2ccc(-c3cc4c(C(=O)O)c[nH]c4cc3Cl)cc2)s1. The molecule has 6 N–H and O–H groups in total. The number of nitrogens with two attached hydrogens (primary N) is 1. The highest BCUT2D eigenvalue weighted by Crippen LogP contribution is 2.34. The average molecular weight is 577 g/mol. The molecule has 0 fully saturated rings. The van der Waals surface area contributed by atoms with Gasteiger partial charge in [0.25, 0.3) is 5.91 Å². The lowest BCUT2D eigenvalue weighted by atomic mass is 10.0. The van der Waals surface area contributed by atoms with Gasteiger partial charge in [-0.2, -0.15) is 0 Å². The maximum Gasteiger partial charge on any atom is 0.337 e. The predicted molar refractivity (Wildman–Crippen MR) is 144 cm³/mol. The first kappa shape index (κ1) is 27.3. The molecule has 0 aliphatic rings. The summed E-state index contributed by atoms with van der Waals surface area (Å²) in [5.41, 5.74) is 2.29. The standard InChI is InChI=1S/C23H21ClN6O6S2/c24-17-8-18-15(16(9-27-18)21(33)34)7-14(17)12-1-3-13(4-2-12)36-6-5-26-19(31)10-35-11-20(32)28-22-29-30-23(37-22)38-25/h1-4,7-9,27H,5-6,10-11,25H2,(H,26,31)(H,33,34)(H,28,29,32). The van der Waals surface area contributed by atoms with Gasteiger partial charge < -0.3 is 24.9 Å². The fraction of sp³-hybridized carbons (Fsp3) is 0.174. The number of anilines is 1. The number of carboxylic acid groups (broad SMARTS) is 1. The topological polar surface area (TPSA) is 182 Å². The molecule has 2 aromatic carbocycles. The quantitative estimate of drug-likeness (QED) is 0.0954. The molecule has 198 valence electrons. The fourth-order valence-electron chi connectivity index (χ4n) is 3.38. The number of aromatic amines is 1. The van der Waals surface area contributed by atoms with Gasteiger partial charge in [-0.05, 0) is 41.8 Å². The second-order valence-electron chi connectivity index (χ2n) is 7.64. The number of benzene rings is 2. The molecule has 2 aromatic heterocycles. The summed E-state index contributed by atoms with van der Waals surface area (Å²) in [5.74, 6) is -1.31. The average Bonchev–Trinajstić information content (AvgIpc) is 3.53. The largest absolute Gasteiger partial charge is 0.492 e. The smallest absolute Gasteiger partial charge is 0.337 e. The van der Waals surface area contributed by atoms with E-state index in [1.54, 1.807) is 24.3 Å². The molecular formula is C23H21ClN6O6S2. The van der Waals surface area contributed by atoms with E-state index in [4.69, 9.17) is 26.2 Å². The van der Waals surface area contributed by atoms with Crippen LogP contribution in [-0.2, 0) is 14.3 Å². The molecule has 4 aromatic rings. The Hall–Kier alpha value is -3.69. The molecule has 0 unspecified atom stereocenters. The zero-order valence-electron chi connectivity index (χ0n) is 19.5. The Bertz CT molecular complexity index is 1460. The number of aromatic nitrogens is 3. The van der Waals surface area contributed by atoms with Crippen LogP contribution in [0.5, 0.6) is 5.75 Å². The lowest BCUT2D eigenvalue weighted by Gasteiger charge is -2.10. The number of amides is 2. The Morgan fingerprint density at radius 2 is 1.89 bits per heavy atom. The number of carbonyl (C=O) groups excluding carboxylic acids is 2. The summed E-state index contributed by atoms with van der Waals surface area (Å²) in [7, 11) is 0. The summed E-state index contributed by atoms with van der Waals surface area (Å²) in [6.07, 6.45) is 1.44. The highest BCUT2D eigenvalue weighted by atomic mass is 35.5. The van der Waals surface area contributed by atoms with Crippen molar-refractivity contribution in [3.05, 3.63) is 53.2 Å². The third kappa shape index (κ3) is 6.99. The lowest BCUT2D eigenvalue weighted by molar-refractivity contribution is -0.128. The van der Waals surface area contributed by atoms with Crippen LogP contribution >= 0.6 is 34.9 Å². The van der Waals surface area contributed by atoms with Gasteiger partial charge in [0.05, 0.1) is 17.1 Å². The van der Waals surface area contributed by atoms with Crippen molar-refractivity contribution < 1.29 is 29.0 Å². The molecule has 0 aliphatic heterocycles. The van der Waals surface area contributed by atoms with Crippen LogP contribution in [0, 0.1) is 0 Å². The van der Waals surface area contributed by atoms with Crippen molar-refractivity contribution >= 4 is 68.7 Å². The molecule has 4 rings (SSSR count). The first-order valence-electron chi connectivity index (χ1n) is 11.0. The Labute approximate surface area is 229 Å². The Morgan fingerprint density at radius 3 is 2.61 bits per heavy atom. The number of ether oxygens (including phenoxy) is 2. The summed E-state index contributed by atoms with van der Waals surface area (Å²) < 4.78 is 11.3. The molecule has 0 spiro atoms. The molecule has 0 atom stereocenters. The number of hydrogen-bond donors (Lipinski definition) is 5. The van der Waals surface area contributed by atoms with Crippen molar-refractivity contribution in [1.82, 2.24) is 20.5 Å². The van der Waals surface area contributed by atoms with E-state index in [1.165, 1.54) is 6.20 Å². The number of rotatable bonds is 12. The van der Waals surface area contributed by atoms with Gasteiger partial charge in [0.1, 0.15) is 25.6 Å². The van der Waals surface area contributed by atoms with E-state index in [0.29, 0.717) is 36.7 Å². The van der Waals surface area contributed by atoms with Crippen LogP contribution in [0.2, 0.25) is 5.02 Å². The van der Waals surface area contributed by atoms with E-state index in [1.807, 2.05) is 12.1 Å². The normalized spacial score (nSPS) is 10.9. The summed E-state index contributed by atoms with van der Waals surface area (Å²) in [6.45, 7) is -0.172. The summed E-state index contributed by atoms with van der Waals surface area (Å²) in [6, 6.07) is 10.6. The molecule has 0 bridgehead atoms. The van der Waals surface area contributed by atoms with E-state index >= 15 is 0 Å². The minimum absolute atomic E-state index is 0.169. The van der Waals surface area contributed by atoms with Crippen LogP contribution in [0.3, 0.4) is 0 Å². The van der Waals surface area contributed by atoms with Gasteiger partial charge in [0.2, 0.25) is 11.0 Å². The molecule has 0 saturated carbocycles. The van der Waals surface area contributed by atoms with Gasteiger partial charge in [0, 0.05) is 22.7 Å². The molecule has 2 amide bonds.